The number of Topliss-reactive ketones (excluding diaryl/α,β-unsaturated/α-hetero) is 1. The predicted molar refractivity (Wildman–Crippen MR) is 94.6 cm³/mol. The maximum atomic E-state index is 12.9. The number of ketones is 1. The number of fused-ring (bicyclic) bond motifs is 2. The second-order valence-corrected chi connectivity index (χ2v) is 8.16. The number of anilines is 1. The summed E-state index contributed by atoms with van der Waals surface area (Å²) in [5.74, 6) is 0.289. The lowest BCUT2D eigenvalue weighted by molar-refractivity contribution is -0.138. The molecule has 0 saturated heterocycles. The number of hydrogen-bond donors (Lipinski definition) is 1. The zero-order valence-electron chi connectivity index (χ0n) is 14.3. The molecule has 3 heteroatoms. The molecule has 0 radical (unpaired) electrons. The Labute approximate surface area is 143 Å². The normalized spacial score (nSPS) is 35.9. The van der Waals surface area contributed by atoms with E-state index in [2.05, 4.69) is 24.9 Å². The lowest BCUT2D eigenvalue weighted by atomic mass is 9.55. The van der Waals surface area contributed by atoms with Crippen LogP contribution in [0, 0.1) is 23.2 Å². The monoisotopic (exact) mass is 323 g/mol. The van der Waals surface area contributed by atoms with Crippen molar-refractivity contribution in [3.63, 3.8) is 0 Å². The van der Waals surface area contributed by atoms with Crippen molar-refractivity contribution in [2.45, 2.75) is 45.4 Å². The molecule has 1 aliphatic heterocycles. The fourth-order valence-corrected chi connectivity index (χ4v) is 5.23. The number of hydrogen-bond acceptors (Lipinski definition) is 2. The van der Waals surface area contributed by atoms with Crippen molar-refractivity contribution in [3.05, 3.63) is 42.0 Å². The van der Waals surface area contributed by atoms with E-state index in [0.717, 1.165) is 36.9 Å². The Bertz CT molecular complexity index is 722. The molecule has 4 atom stereocenters. The average molecular weight is 323 g/mol. The van der Waals surface area contributed by atoms with E-state index < -0.39 is 0 Å². The maximum absolute atomic E-state index is 12.9. The van der Waals surface area contributed by atoms with Gasteiger partial charge >= 0.3 is 0 Å². The zero-order chi connectivity index (χ0) is 16.9. The molecule has 3 aliphatic rings. The van der Waals surface area contributed by atoms with Gasteiger partial charge in [0.1, 0.15) is 5.78 Å². The van der Waals surface area contributed by atoms with Gasteiger partial charge in [0.25, 0.3) is 0 Å². The third-order valence-electron chi connectivity index (χ3n) is 6.60. The Morgan fingerprint density at radius 3 is 2.83 bits per heavy atom. The first-order valence-corrected chi connectivity index (χ1v) is 9.07. The summed E-state index contributed by atoms with van der Waals surface area (Å²) in [4.78, 5) is 25.5. The summed E-state index contributed by atoms with van der Waals surface area (Å²) in [5, 5.41) is 3.01. The average Bonchev–Trinajstić information content (AvgIpc) is 2.54. The molecule has 2 aliphatic carbocycles. The maximum Gasteiger partial charge on any atom is 0.228 e. The van der Waals surface area contributed by atoms with Crippen LogP contribution < -0.4 is 5.32 Å². The summed E-state index contributed by atoms with van der Waals surface area (Å²) < 4.78 is 0. The van der Waals surface area contributed by atoms with Crippen LogP contribution in [-0.2, 0) is 16.0 Å². The van der Waals surface area contributed by atoms with Crippen molar-refractivity contribution < 1.29 is 9.59 Å². The highest BCUT2D eigenvalue weighted by Gasteiger charge is 2.50. The molecule has 126 valence electrons. The van der Waals surface area contributed by atoms with Gasteiger partial charge in [-0.25, -0.2) is 0 Å². The molecule has 3 nitrogen and oxygen atoms in total. The minimum Gasteiger partial charge on any atom is -0.326 e. The van der Waals surface area contributed by atoms with Crippen molar-refractivity contribution >= 4 is 17.4 Å². The molecule has 2 saturated carbocycles. The van der Waals surface area contributed by atoms with Gasteiger partial charge in [0, 0.05) is 18.0 Å². The number of carbonyl (C=O) groups excluding carboxylic acids is 2. The van der Waals surface area contributed by atoms with Crippen molar-refractivity contribution in [1.82, 2.24) is 0 Å². The van der Waals surface area contributed by atoms with Crippen LogP contribution in [0.1, 0.15) is 44.6 Å². The van der Waals surface area contributed by atoms with E-state index in [4.69, 9.17) is 0 Å². The Kier molecular flexibility index (Phi) is 3.63. The Morgan fingerprint density at radius 2 is 2.00 bits per heavy atom. The van der Waals surface area contributed by atoms with Crippen molar-refractivity contribution in [1.29, 1.82) is 0 Å². The number of benzene rings is 1. The third kappa shape index (κ3) is 2.42. The van der Waals surface area contributed by atoms with Crippen LogP contribution in [0.3, 0.4) is 0 Å². The molecule has 1 N–H and O–H groups in total. The van der Waals surface area contributed by atoms with E-state index in [-0.39, 0.29) is 28.9 Å². The van der Waals surface area contributed by atoms with Crippen molar-refractivity contribution in [3.8, 4) is 0 Å². The first-order chi connectivity index (χ1) is 11.5. The number of nitrogens with one attached hydrogen (secondary N) is 1. The highest BCUT2D eigenvalue weighted by Crippen LogP contribution is 2.53. The zero-order valence-corrected chi connectivity index (χ0v) is 14.3. The standard InChI is InChI=1S/C21H25NO2/c1-13-6-5-9-21(2)12-19(23)15(11-17(13)21)16-10-14-7-3-4-8-18(14)22-20(16)24/h3-4,7-8,15-17H,1,5-6,9-12H2,2H3,(H,22,24)/t15-,16-,17+,21-/m1/s1. The molecule has 24 heavy (non-hydrogen) atoms. The van der Waals surface area contributed by atoms with Crippen molar-refractivity contribution in [2.24, 2.45) is 23.2 Å². The molecule has 2 fully saturated rings. The molecular weight excluding hydrogens is 298 g/mol. The fourth-order valence-electron chi connectivity index (χ4n) is 5.23. The van der Waals surface area contributed by atoms with Crippen LogP contribution in [0.25, 0.3) is 0 Å². The van der Waals surface area contributed by atoms with Gasteiger partial charge in [0.15, 0.2) is 0 Å². The van der Waals surface area contributed by atoms with Crippen LogP contribution in [0.2, 0.25) is 0 Å². The number of para-hydroxylation sites is 1. The van der Waals surface area contributed by atoms with E-state index in [1.54, 1.807) is 0 Å². The first kappa shape index (κ1) is 15.6. The van der Waals surface area contributed by atoms with Gasteiger partial charge in [-0.2, -0.15) is 0 Å². The second-order valence-electron chi connectivity index (χ2n) is 8.16. The van der Waals surface area contributed by atoms with E-state index >= 15 is 0 Å². The first-order valence-electron chi connectivity index (χ1n) is 9.07. The van der Waals surface area contributed by atoms with E-state index in [1.807, 2.05) is 18.2 Å². The SMILES string of the molecule is C=C1CCC[C@]2(C)CC(=O)[C@@H]([C@H]3Cc4ccccc4NC3=O)C[C@@H]12. The summed E-state index contributed by atoms with van der Waals surface area (Å²) in [7, 11) is 0. The molecule has 0 spiro atoms. The number of allylic oxidation sites excluding steroid dienone is 1. The molecule has 1 heterocycles. The molecule has 1 aromatic carbocycles. The minimum atomic E-state index is -0.230. The van der Waals surface area contributed by atoms with E-state index in [1.165, 1.54) is 5.57 Å². The Balaban J connectivity index is 1.61. The second kappa shape index (κ2) is 5.58. The fraction of sp³-hybridized carbons (Fsp3) is 0.524. The lowest BCUT2D eigenvalue weighted by Crippen LogP contribution is -2.48. The van der Waals surface area contributed by atoms with Crippen molar-refractivity contribution in [2.75, 3.05) is 5.32 Å². The Morgan fingerprint density at radius 1 is 1.21 bits per heavy atom. The lowest BCUT2D eigenvalue weighted by Gasteiger charge is -2.49. The highest BCUT2D eigenvalue weighted by molar-refractivity contribution is 5.99. The van der Waals surface area contributed by atoms with Crippen LogP contribution in [0.5, 0.6) is 0 Å². The molecule has 0 aromatic heterocycles. The van der Waals surface area contributed by atoms with E-state index in [9.17, 15) is 9.59 Å². The van der Waals surface area contributed by atoms with Gasteiger partial charge in [0.2, 0.25) is 5.91 Å². The van der Waals surface area contributed by atoms with Crippen LogP contribution >= 0.6 is 0 Å². The number of rotatable bonds is 1. The van der Waals surface area contributed by atoms with Gasteiger partial charge in [-0.05, 0) is 55.1 Å². The van der Waals surface area contributed by atoms with Gasteiger partial charge in [0.05, 0.1) is 5.92 Å². The molecular formula is C21H25NO2. The molecule has 1 aromatic rings. The molecule has 4 rings (SSSR count). The molecule has 0 unspecified atom stereocenters. The molecule has 0 bridgehead atoms. The summed E-state index contributed by atoms with van der Waals surface area (Å²) in [6.45, 7) is 6.53. The number of amides is 1. The third-order valence-corrected chi connectivity index (χ3v) is 6.60. The van der Waals surface area contributed by atoms with Gasteiger partial charge in [-0.3, -0.25) is 9.59 Å². The predicted octanol–water partition coefficient (Wildman–Crippen LogP) is 4.14. The Hall–Kier alpha value is -1.90. The number of carbonyl (C=O) groups is 2. The van der Waals surface area contributed by atoms with Crippen LogP contribution in [0.15, 0.2) is 36.4 Å². The van der Waals surface area contributed by atoms with Gasteiger partial charge in [-0.15, -0.1) is 0 Å². The smallest absolute Gasteiger partial charge is 0.228 e. The topological polar surface area (TPSA) is 46.2 Å². The van der Waals surface area contributed by atoms with Gasteiger partial charge < -0.3 is 5.32 Å². The largest absolute Gasteiger partial charge is 0.326 e. The van der Waals surface area contributed by atoms with Crippen LogP contribution in [-0.4, -0.2) is 11.7 Å². The summed E-state index contributed by atoms with van der Waals surface area (Å²) in [6, 6.07) is 7.92. The molecule has 1 amide bonds. The summed E-state index contributed by atoms with van der Waals surface area (Å²) in [6.07, 6.45) is 5.40. The quantitative estimate of drug-likeness (QED) is 0.790. The van der Waals surface area contributed by atoms with E-state index in [0.29, 0.717) is 18.8 Å². The summed E-state index contributed by atoms with van der Waals surface area (Å²) in [5.41, 5.74) is 3.39. The minimum absolute atomic E-state index is 0.0112. The van der Waals surface area contributed by atoms with Crippen LogP contribution in [0.4, 0.5) is 5.69 Å². The highest BCUT2D eigenvalue weighted by atomic mass is 16.2. The summed E-state index contributed by atoms with van der Waals surface area (Å²) >= 11 is 0. The van der Waals surface area contributed by atoms with Gasteiger partial charge in [-0.1, -0.05) is 37.3 Å².